The summed E-state index contributed by atoms with van der Waals surface area (Å²) in [6, 6.07) is 10.2. The van der Waals surface area contributed by atoms with Gasteiger partial charge in [-0.15, -0.1) is 0 Å². The number of ether oxygens (including phenoxy) is 1. The highest BCUT2D eigenvalue weighted by Crippen LogP contribution is 2.29. The summed E-state index contributed by atoms with van der Waals surface area (Å²) in [6.07, 6.45) is 1.15. The van der Waals surface area contributed by atoms with E-state index in [1.54, 1.807) is 24.3 Å². The zero-order valence-electron chi connectivity index (χ0n) is 15.4. The van der Waals surface area contributed by atoms with Crippen LogP contribution in [0.3, 0.4) is 0 Å². The Labute approximate surface area is 171 Å². The molecule has 0 saturated carbocycles. The minimum atomic E-state index is -0.711. The molecule has 3 aromatic rings. The first-order valence-electron chi connectivity index (χ1n) is 8.61. The molecule has 0 fully saturated rings. The van der Waals surface area contributed by atoms with E-state index in [-0.39, 0.29) is 23.2 Å². The number of nitrogens with two attached hydrogens (primary N) is 1. The predicted octanol–water partition coefficient (Wildman–Crippen LogP) is 3.22. The highest BCUT2D eigenvalue weighted by Gasteiger charge is 2.23. The minimum Gasteiger partial charge on any atom is -0.497 e. The van der Waals surface area contributed by atoms with Gasteiger partial charge in [-0.2, -0.15) is 5.10 Å². The predicted molar refractivity (Wildman–Crippen MR) is 106 cm³/mol. The Kier molecular flexibility index (Phi) is 6.13. The average molecular weight is 417 g/mol. The molecular formula is C20H18ClFN4O3. The zero-order chi connectivity index (χ0) is 21.0. The molecule has 0 spiro atoms. The Hall–Kier alpha value is -3.39. The third-order valence-electron chi connectivity index (χ3n) is 4.29. The summed E-state index contributed by atoms with van der Waals surface area (Å²) in [7, 11) is 1.46. The average Bonchev–Trinajstić information content (AvgIpc) is 3.17. The number of nitrogens with one attached hydrogen (secondary N) is 2. The van der Waals surface area contributed by atoms with Crippen molar-refractivity contribution in [2.45, 2.75) is 12.5 Å². The van der Waals surface area contributed by atoms with E-state index in [1.165, 1.54) is 31.5 Å². The number of hydrogen-bond donors (Lipinski definition) is 3. The molecule has 1 atom stereocenters. The van der Waals surface area contributed by atoms with Gasteiger partial charge in [-0.25, -0.2) is 4.39 Å². The molecule has 1 aromatic heterocycles. The van der Waals surface area contributed by atoms with Crippen LogP contribution < -0.4 is 15.8 Å². The zero-order valence-corrected chi connectivity index (χ0v) is 16.2. The van der Waals surface area contributed by atoms with Crippen molar-refractivity contribution in [3.05, 3.63) is 70.6 Å². The van der Waals surface area contributed by atoms with Crippen LogP contribution >= 0.6 is 11.6 Å². The number of carbonyl (C=O) groups is 2. The molecule has 2 amide bonds. The summed E-state index contributed by atoms with van der Waals surface area (Å²) < 4.78 is 19.5. The van der Waals surface area contributed by atoms with E-state index < -0.39 is 23.7 Å². The largest absolute Gasteiger partial charge is 0.497 e. The first kappa shape index (κ1) is 20.3. The fourth-order valence-corrected chi connectivity index (χ4v) is 3.10. The molecule has 9 heteroatoms. The van der Waals surface area contributed by atoms with Crippen LogP contribution in [0.1, 0.15) is 28.4 Å². The second-order valence-corrected chi connectivity index (χ2v) is 6.69. The first-order chi connectivity index (χ1) is 13.9. The summed E-state index contributed by atoms with van der Waals surface area (Å²) in [5, 5.41) is 9.70. The molecule has 29 heavy (non-hydrogen) atoms. The van der Waals surface area contributed by atoms with Crippen molar-refractivity contribution in [2.24, 2.45) is 5.73 Å². The molecular weight excluding hydrogens is 399 g/mol. The van der Waals surface area contributed by atoms with Crippen molar-refractivity contribution in [3.8, 4) is 17.0 Å². The normalized spacial score (nSPS) is 11.7. The molecule has 0 radical (unpaired) electrons. The highest BCUT2D eigenvalue weighted by atomic mass is 35.5. The Balaban J connectivity index is 1.93. The van der Waals surface area contributed by atoms with Gasteiger partial charge in [-0.05, 0) is 35.9 Å². The van der Waals surface area contributed by atoms with Gasteiger partial charge in [0.2, 0.25) is 5.91 Å². The molecule has 0 bridgehead atoms. The lowest BCUT2D eigenvalue weighted by molar-refractivity contribution is -0.118. The molecule has 150 valence electrons. The molecule has 0 unspecified atom stereocenters. The lowest BCUT2D eigenvalue weighted by Crippen LogP contribution is -2.32. The van der Waals surface area contributed by atoms with Crippen LogP contribution in [0, 0.1) is 5.82 Å². The molecule has 2 aromatic carbocycles. The summed E-state index contributed by atoms with van der Waals surface area (Å²) in [4.78, 5) is 24.4. The number of methoxy groups -OCH3 is 1. The number of amides is 2. The summed E-state index contributed by atoms with van der Waals surface area (Å²) in [5.74, 6) is -1.27. The summed E-state index contributed by atoms with van der Waals surface area (Å²) in [5.41, 5.74) is 6.36. The van der Waals surface area contributed by atoms with Crippen LogP contribution in [0.5, 0.6) is 5.75 Å². The maximum Gasteiger partial charge on any atom is 0.255 e. The molecule has 1 heterocycles. The van der Waals surface area contributed by atoms with Crippen molar-refractivity contribution < 1.29 is 18.7 Å². The number of aromatic amines is 1. The van der Waals surface area contributed by atoms with Gasteiger partial charge in [-0.1, -0.05) is 23.7 Å². The van der Waals surface area contributed by atoms with Gasteiger partial charge >= 0.3 is 0 Å². The van der Waals surface area contributed by atoms with Gasteiger partial charge in [-0.3, -0.25) is 14.7 Å². The maximum absolute atomic E-state index is 14.3. The van der Waals surface area contributed by atoms with Crippen molar-refractivity contribution in [3.63, 3.8) is 0 Å². The number of H-pyrrole nitrogens is 1. The highest BCUT2D eigenvalue weighted by molar-refractivity contribution is 6.30. The van der Waals surface area contributed by atoms with Crippen LogP contribution in [0.2, 0.25) is 5.02 Å². The third kappa shape index (κ3) is 4.72. The van der Waals surface area contributed by atoms with Gasteiger partial charge < -0.3 is 15.8 Å². The smallest absolute Gasteiger partial charge is 0.255 e. The number of halogens is 2. The number of primary amides is 1. The van der Waals surface area contributed by atoms with Gasteiger partial charge in [0.15, 0.2) is 0 Å². The van der Waals surface area contributed by atoms with Gasteiger partial charge in [0.25, 0.3) is 5.91 Å². The minimum absolute atomic E-state index is 0.105. The van der Waals surface area contributed by atoms with Crippen LogP contribution in [0.25, 0.3) is 11.3 Å². The van der Waals surface area contributed by atoms with E-state index in [4.69, 9.17) is 22.1 Å². The van der Waals surface area contributed by atoms with Crippen molar-refractivity contribution in [1.29, 1.82) is 0 Å². The summed E-state index contributed by atoms with van der Waals surface area (Å²) >= 11 is 6.02. The van der Waals surface area contributed by atoms with Crippen molar-refractivity contribution in [1.82, 2.24) is 15.5 Å². The van der Waals surface area contributed by atoms with Gasteiger partial charge in [0.1, 0.15) is 11.6 Å². The molecule has 7 nitrogen and oxygen atoms in total. The molecule has 0 aliphatic rings. The molecule has 0 aliphatic heterocycles. The quantitative estimate of drug-likeness (QED) is 0.549. The fourth-order valence-electron chi connectivity index (χ4n) is 2.90. The monoisotopic (exact) mass is 416 g/mol. The Morgan fingerprint density at radius 1 is 1.31 bits per heavy atom. The molecule has 0 saturated heterocycles. The number of nitrogens with zero attached hydrogens (tertiary/aromatic N) is 1. The van der Waals surface area contributed by atoms with E-state index in [1.807, 2.05) is 0 Å². The van der Waals surface area contributed by atoms with Crippen LogP contribution in [-0.2, 0) is 4.79 Å². The van der Waals surface area contributed by atoms with E-state index in [9.17, 15) is 14.0 Å². The molecule has 4 N–H and O–H groups in total. The maximum atomic E-state index is 14.3. The number of rotatable bonds is 7. The number of hydrogen-bond acceptors (Lipinski definition) is 4. The van der Waals surface area contributed by atoms with Gasteiger partial charge in [0.05, 0.1) is 37.0 Å². The van der Waals surface area contributed by atoms with E-state index >= 15 is 0 Å². The van der Waals surface area contributed by atoms with E-state index in [2.05, 4.69) is 15.5 Å². The lowest BCUT2D eigenvalue weighted by Gasteiger charge is -2.18. The van der Waals surface area contributed by atoms with Crippen LogP contribution in [0.15, 0.2) is 48.7 Å². The number of benzene rings is 2. The summed E-state index contributed by atoms with van der Waals surface area (Å²) in [6.45, 7) is 0. The van der Waals surface area contributed by atoms with E-state index in [0.29, 0.717) is 16.3 Å². The third-order valence-corrected chi connectivity index (χ3v) is 4.52. The topological polar surface area (TPSA) is 110 Å². The van der Waals surface area contributed by atoms with Gasteiger partial charge in [0, 0.05) is 10.6 Å². The second kappa shape index (κ2) is 8.74. The Morgan fingerprint density at radius 3 is 2.79 bits per heavy atom. The molecule has 0 aliphatic carbocycles. The fraction of sp³-hybridized carbons (Fsp3) is 0.150. The first-order valence-corrected chi connectivity index (χ1v) is 8.98. The number of carbonyl (C=O) groups excluding carboxylic acids is 2. The second-order valence-electron chi connectivity index (χ2n) is 6.26. The van der Waals surface area contributed by atoms with Crippen molar-refractivity contribution in [2.75, 3.05) is 7.11 Å². The molecule has 3 rings (SSSR count). The SMILES string of the molecule is COc1ccc(F)c(-c2[nH]ncc2C(=O)N[C@@H](CC(N)=O)c2cccc(Cl)c2)c1. The van der Waals surface area contributed by atoms with Crippen LogP contribution in [0.4, 0.5) is 4.39 Å². The van der Waals surface area contributed by atoms with E-state index in [0.717, 1.165) is 0 Å². The number of aromatic nitrogens is 2. The standard InChI is InChI=1S/C20H18ClFN4O3/c1-29-13-5-6-16(22)14(8-13)19-15(10-24-26-19)20(28)25-17(9-18(23)27)11-3-2-4-12(21)7-11/h2-8,10,17H,9H2,1H3,(H2,23,27)(H,24,26)(H,25,28)/t17-/m0/s1. The van der Waals surface area contributed by atoms with Crippen molar-refractivity contribution >= 4 is 23.4 Å². The lowest BCUT2D eigenvalue weighted by atomic mass is 10.0. The Morgan fingerprint density at radius 2 is 2.10 bits per heavy atom. The Bertz CT molecular complexity index is 1050. The van der Waals surface area contributed by atoms with Crippen LogP contribution in [-0.4, -0.2) is 29.1 Å².